The third kappa shape index (κ3) is 2.87. The number of amides is 1. The van der Waals surface area contributed by atoms with Crippen LogP contribution in [0.2, 0.25) is 5.02 Å². The zero-order chi connectivity index (χ0) is 21.1. The Kier molecular flexibility index (Phi) is 4.31. The van der Waals surface area contributed by atoms with Crippen LogP contribution in [0.25, 0.3) is 11.1 Å². The molecule has 30 heavy (non-hydrogen) atoms. The first-order valence-electron chi connectivity index (χ1n) is 9.83. The Morgan fingerprint density at radius 1 is 1.23 bits per heavy atom. The molecule has 8 heteroatoms. The monoisotopic (exact) mass is 429 g/mol. The molecule has 2 N–H and O–H groups in total. The van der Waals surface area contributed by atoms with Crippen molar-refractivity contribution in [1.29, 1.82) is 0 Å². The van der Waals surface area contributed by atoms with E-state index in [0.717, 1.165) is 12.8 Å². The van der Waals surface area contributed by atoms with Crippen molar-refractivity contribution in [3.05, 3.63) is 52.8 Å². The molecular formula is C22H21ClFN3O3. The summed E-state index contributed by atoms with van der Waals surface area (Å²) in [7, 11) is 1.62. The number of fused-ring (bicyclic) bond motifs is 2. The SMILES string of the molecule is CN1C(=O)C2(CC3(CCCOC3)Oc3ccc(-c4cc(F)cc(Cl)c4)cc32)N=C1N. The highest BCUT2D eigenvalue weighted by Gasteiger charge is 2.58. The molecule has 3 heterocycles. The molecule has 0 bridgehead atoms. The first-order chi connectivity index (χ1) is 14.3. The van der Waals surface area contributed by atoms with Crippen molar-refractivity contribution < 1.29 is 18.7 Å². The predicted octanol–water partition coefficient (Wildman–Crippen LogP) is 3.46. The summed E-state index contributed by atoms with van der Waals surface area (Å²) in [6.45, 7) is 1.06. The lowest BCUT2D eigenvalue weighted by atomic mass is 9.74. The number of ether oxygens (including phenoxy) is 2. The van der Waals surface area contributed by atoms with Gasteiger partial charge in [0, 0.05) is 30.7 Å². The standard InChI is InChI=1S/C22H21ClFN3O3/c1-27-19(28)22(26-20(27)25)11-21(5-2-6-29-12-21)30-18-4-3-13(9-17(18)22)14-7-15(23)10-16(24)8-14/h3-4,7-10H,2,5-6,11-12H2,1H3,(H2,25,26). The number of rotatable bonds is 1. The van der Waals surface area contributed by atoms with Gasteiger partial charge in [-0.05, 0) is 54.3 Å². The minimum Gasteiger partial charge on any atom is -0.484 e. The van der Waals surface area contributed by atoms with E-state index in [9.17, 15) is 9.18 Å². The van der Waals surface area contributed by atoms with Gasteiger partial charge in [0.05, 0.1) is 6.61 Å². The van der Waals surface area contributed by atoms with Crippen molar-refractivity contribution in [1.82, 2.24) is 4.90 Å². The molecule has 2 atom stereocenters. The van der Waals surface area contributed by atoms with Crippen molar-refractivity contribution in [2.75, 3.05) is 20.3 Å². The largest absolute Gasteiger partial charge is 0.484 e. The van der Waals surface area contributed by atoms with E-state index in [-0.39, 0.29) is 11.9 Å². The van der Waals surface area contributed by atoms with Gasteiger partial charge in [0.2, 0.25) is 0 Å². The number of guanidine groups is 1. The van der Waals surface area contributed by atoms with Gasteiger partial charge >= 0.3 is 0 Å². The van der Waals surface area contributed by atoms with Gasteiger partial charge in [-0.25, -0.2) is 9.38 Å². The zero-order valence-electron chi connectivity index (χ0n) is 16.5. The van der Waals surface area contributed by atoms with Crippen LogP contribution in [0.3, 0.4) is 0 Å². The number of likely N-dealkylation sites (N-methyl/N-ethyl adjacent to an activating group) is 1. The van der Waals surface area contributed by atoms with Gasteiger partial charge in [-0.15, -0.1) is 0 Å². The third-order valence-electron chi connectivity index (χ3n) is 6.12. The Balaban J connectivity index is 1.69. The summed E-state index contributed by atoms with van der Waals surface area (Å²) in [5.41, 5.74) is 6.16. The lowest BCUT2D eigenvalue weighted by Gasteiger charge is -2.46. The van der Waals surface area contributed by atoms with E-state index in [1.165, 1.54) is 17.0 Å². The second-order valence-corrected chi connectivity index (χ2v) is 8.62. The van der Waals surface area contributed by atoms with Crippen LogP contribution in [0.15, 0.2) is 41.4 Å². The molecule has 0 saturated carbocycles. The number of aliphatic imine (C=N–C) groups is 1. The molecule has 3 aliphatic heterocycles. The van der Waals surface area contributed by atoms with Crippen LogP contribution >= 0.6 is 11.6 Å². The van der Waals surface area contributed by atoms with Crippen LogP contribution in [0, 0.1) is 5.82 Å². The maximum atomic E-state index is 13.9. The smallest absolute Gasteiger partial charge is 0.261 e. The summed E-state index contributed by atoms with van der Waals surface area (Å²) in [5.74, 6) is 0.0967. The van der Waals surface area contributed by atoms with Crippen molar-refractivity contribution in [3.63, 3.8) is 0 Å². The number of carbonyl (C=O) groups excluding carboxylic acids is 1. The van der Waals surface area contributed by atoms with Crippen LogP contribution < -0.4 is 10.5 Å². The molecule has 2 spiro atoms. The number of nitrogens with zero attached hydrogens (tertiary/aromatic N) is 2. The summed E-state index contributed by atoms with van der Waals surface area (Å²) < 4.78 is 26.0. The summed E-state index contributed by atoms with van der Waals surface area (Å²) >= 11 is 6.05. The Hall–Kier alpha value is -2.64. The molecule has 2 aromatic carbocycles. The van der Waals surface area contributed by atoms with Crippen LogP contribution in [0.4, 0.5) is 4.39 Å². The summed E-state index contributed by atoms with van der Waals surface area (Å²) in [4.78, 5) is 19.4. The highest BCUT2D eigenvalue weighted by Crippen LogP contribution is 2.51. The molecular weight excluding hydrogens is 409 g/mol. The van der Waals surface area contributed by atoms with Gasteiger partial charge in [0.1, 0.15) is 17.2 Å². The highest BCUT2D eigenvalue weighted by molar-refractivity contribution is 6.30. The van der Waals surface area contributed by atoms with E-state index in [4.69, 9.17) is 26.8 Å². The molecule has 1 saturated heterocycles. The average Bonchev–Trinajstić information content (AvgIpc) is 2.91. The van der Waals surface area contributed by atoms with Crippen molar-refractivity contribution in [2.24, 2.45) is 10.7 Å². The summed E-state index contributed by atoms with van der Waals surface area (Å²) in [6, 6.07) is 9.79. The fraction of sp³-hybridized carbons (Fsp3) is 0.364. The van der Waals surface area contributed by atoms with Gasteiger partial charge in [-0.1, -0.05) is 17.7 Å². The van der Waals surface area contributed by atoms with Crippen LogP contribution in [-0.2, 0) is 15.1 Å². The Morgan fingerprint density at radius 2 is 2.07 bits per heavy atom. The third-order valence-corrected chi connectivity index (χ3v) is 6.34. The molecule has 0 radical (unpaired) electrons. The number of carbonyl (C=O) groups is 1. The molecule has 2 unspecified atom stereocenters. The molecule has 0 aliphatic carbocycles. The van der Waals surface area contributed by atoms with E-state index in [0.29, 0.717) is 47.1 Å². The molecule has 1 fully saturated rings. The second kappa shape index (κ2) is 6.68. The molecule has 5 rings (SSSR count). The Bertz CT molecular complexity index is 1060. The average molecular weight is 430 g/mol. The maximum absolute atomic E-state index is 13.9. The van der Waals surface area contributed by atoms with Gasteiger partial charge in [-0.3, -0.25) is 9.69 Å². The van der Waals surface area contributed by atoms with Crippen LogP contribution in [0.5, 0.6) is 5.75 Å². The maximum Gasteiger partial charge on any atom is 0.261 e. The Morgan fingerprint density at radius 3 is 2.73 bits per heavy atom. The topological polar surface area (TPSA) is 77.2 Å². The van der Waals surface area contributed by atoms with E-state index < -0.39 is 17.0 Å². The summed E-state index contributed by atoms with van der Waals surface area (Å²) in [5, 5.41) is 0.297. The second-order valence-electron chi connectivity index (χ2n) is 8.18. The van der Waals surface area contributed by atoms with E-state index in [1.54, 1.807) is 19.2 Å². The first-order valence-corrected chi connectivity index (χ1v) is 10.2. The van der Waals surface area contributed by atoms with Gasteiger partial charge in [0.15, 0.2) is 11.5 Å². The van der Waals surface area contributed by atoms with Gasteiger partial charge in [0.25, 0.3) is 5.91 Å². The minimum atomic E-state index is -1.19. The number of nitrogens with two attached hydrogens (primary N) is 1. The lowest BCUT2D eigenvalue weighted by Crippen LogP contribution is -2.55. The summed E-state index contributed by atoms with van der Waals surface area (Å²) in [6.07, 6.45) is 1.95. The fourth-order valence-corrected chi connectivity index (χ4v) is 4.93. The van der Waals surface area contributed by atoms with Crippen molar-refractivity contribution in [2.45, 2.75) is 30.4 Å². The molecule has 3 aliphatic rings. The van der Waals surface area contributed by atoms with Gasteiger partial charge in [-0.2, -0.15) is 0 Å². The number of hydrogen-bond acceptors (Lipinski definition) is 5. The van der Waals surface area contributed by atoms with Crippen LogP contribution in [0.1, 0.15) is 24.8 Å². The quantitative estimate of drug-likeness (QED) is 0.753. The predicted molar refractivity (Wildman–Crippen MR) is 111 cm³/mol. The molecule has 2 aromatic rings. The molecule has 6 nitrogen and oxygen atoms in total. The number of halogens is 2. The van der Waals surface area contributed by atoms with Crippen LogP contribution in [-0.4, -0.2) is 42.6 Å². The zero-order valence-corrected chi connectivity index (χ0v) is 17.2. The van der Waals surface area contributed by atoms with Crippen molar-refractivity contribution >= 4 is 23.5 Å². The van der Waals surface area contributed by atoms with E-state index >= 15 is 0 Å². The molecule has 156 valence electrons. The molecule has 0 aromatic heterocycles. The number of benzene rings is 2. The normalized spacial score (nSPS) is 27.9. The fourth-order valence-electron chi connectivity index (χ4n) is 4.71. The first kappa shape index (κ1) is 19.3. The highest BCUT2D eigenvalue weighted by atomic mass is 35.5. The van der Waals surface area contributed by atoms with Crippen molar-refractivity contribution in [3.8, 4) is 16.9 Å². The van der Waals surface area contributed by atoms with Gasteiger partial charge < -0.3 is 15.2 Å². The van der Waals surface area contributed by atoms with E-state index in [2.05, 4.69) is 4.99 Å². The van der Waals surface area contributed by atoms with E-state index in [1.807, 2.05) is 12.1 Å². The Labute approximate surface area is 178 Å². The minimum absolute atomic E-state index is 0.166. The number of hydrogen-bond donors (Lipinski definition) is 1. The molecule has 1 amide bonds. The lowest BCUT2D eigenvalue weighted by molar-refractivity contribution is -0.139.